The van der Waals surface area contributed by atoms with Gasteiger partial charge < -0.3 is 25.5 Å². The topological polar surface area (TPSA) is 104 Å². The second-order valence-electron chi connectivity index (χ2n) is 13.9. The van der Waals surface area contributed by atoms with Crippen LogP contribution in [-0.4, -0.2) is 20.4 Å². The van der Waals surface area contributed by atoms with Gasteiger partial charge in [-0.2, -0.15) is 4.48 Å². The highest BCUT2D eigenvalue weighted by Crippen LogP contribution is 2.51. The fourth-order valence-electron chi connectivity index (χ4n) is 6.86. The number of phenols is 4. The van der Waals surface area contributed by atoms with Gasteiger partial charge in [0, 0.05) is 73.5 Å². The molecule has 0 atom stereocenters. The van der Waals surface area contributed by atoms with Crippen molar-refractivity contribution >= 4 is 22.7 Å². The van der Waals surface area contributed by atoms with Crippen molar-refractivity contribution in [3.05, 3.63) is 196 Å². The second-order valence-corrected chi connectivity index (χ2v) is 13.9. The Morgan fingerprint density at radius 3 is 1.09 bits per heavy atom. The summed E-state index contributed by atoms with van der Waals surface area (Å²) in [6.07, 6.45) is 0.475. The van der Waals surface area contributed by atoms with E-state index in [0.717, 1.165) is 5.56 Å². The van der Waals surface area contributed by atoms with Crippen LogP contribution < -0.4 is 9.59 Å². The van der Waals surface area contributed by atoms with Gasteiger partial charge in [-0.1, -0.05) is 112 Å². The van der Waals surface area contributed by atoms with Gasteiger partial charge in [-0.25, -0.2) is 0 Å². The highest BCUT2D eigenvalue weighted by Gasteiger charge is 2.39. The maximum Gasteiger partial charge on any atom is 0.148 e. The second kappa shape index (κ2) is 16.0. The third kappa shape index (κ3) is 8.10. The molecule has 0 saturated heterocycles. The van der Waals surface area contributed by atoms with Crippen LogP contribution in [0, 0.1) is 27.7 Å². The van der Waals surface area contributed by atoms with Gasteiger partial charge in [-0.3, -0.25) is 0 Å². The maximum absolute atomic E-state index is 12.8. The van der Waals surface area contributed by atoms with Gasteiger partial charge >= 0.3 is 0 Å². The third-order valence-corrected chi connectivity index (χ3v) is 9.69. The number of rotatable bonds is 8. The van der Waals surface area contributed by atoms with E-state index in [4.69, 9.17) is 0 Å². The first-order chi connectivity index (χ1) is 25.9. The molecule has 0 aliphatic carbocycles. The molecule has 0 unspecified atom stereocenters. The van der Waals surface area contributed by atoms with Crippen LogP contribution in [-0.2, 0) is 12.8 Å². The Morgan fingerprint density at radius 1 is 0.389 bits per heavy atom. The van der Waals surface area contributed by atoms with E-state index in [9.17, 15) is 25.5 Å². The van der Waals surface area contributed by atoms with Crippen molar-refractivity contribution in [2.24, 2.45) is 0 Å². The van der Waals surface area contributed by atoms with Crippen LogP contribution in [0.15, 0.2) is 152 Å². The van der Waals surface area contributed by atoms with Crippen LogP contribution in [0.1, 0.15) is 44.5 Å². The van der Waals surface area contributed by atoms with Gasteiger partial charge in [0.1, 0.15) is 45.7 Å². The summed E-state index contributed by atoms with van der Waals surface area (Å²) in [7, 11) is 0. The number of hydrogen-bond acceptors (Lipinski definition) is 5. The number of nitrogens with zero attached hydrogens (tertiary/aromatic N) is 1. The van der Waals surface area contributed by atoms with Crippen molar-refractivity contribution in [1.29, 1.82) is 0 Å². The molecule has 0 heterocycles. The van der Waals surface area contributed by atoms with E-state index < -0.39 is 0 Å². The Kier molecular flexibility index (Phi) is 11.1. The van der Waals surface area contributed by atoms with Gasteiger partial charge in [0.05, 0.1) is 0 Å². The normalized spacial score (nSPS) is 11.1. The zero-order valence-corrected chi connectivity index (χ0v) is 31.0. The molecule has 7 aromatic carbocycles. The van der Waals surface area contributed by atoms with Crippen LogP contribution in [0.25, 0.3) is 0 Å². The van der Waals surface area contributed by atoms with E-state index in [1.807, 2.05) is 6.92 Å². The molecule has 0 aliphatic heterocycles. The van der Waals surface area contributed by atoms with Crippen molar-refractivity contribution in [1.82, 2.24) is 4.48 Å². The van der Waals surface area contributed by atoms with Gasteiger partial charge in [0.15, 0.2) is 0 Å². The van der Waals surface area contributed by atoms with Crippen molar-refractivity contribution in [3.63, 3.8) is 0 Å². The van der Waals surface area contributed by atoms with Crippen molar-refractivity contribution in [2.45, 2.75) is 40.5 Å². The minimum atomic E-state index is -0.157. The van der Waals surface area contributed by atoms with Crippen LogP contribution in [0.4, 0.5) is 22.7 Å². The highest BCUT2D eigenvalue weighted by atomic mass is 16.3. The first-order valence-electron chi connectivity index (χ1n) is 17.9. The Bertz CT molecular complexity index is 2170. The average Bonchev–Trinajstić information content (AvgIpc) is 3.15. The molecule has 0 spiro atoms. The summed E-state index contributed by atoms with van der Waals surface area (Å²) in [5.74, 6) is -0.370. The lowest BCUT2D eigenvalue weighted by molar-refractivity contribution is -0.270. The summed E-state index contributed by atoms with van der Waals surface area (Å²) in [5, 5.41) is 51.5. The quantitative estimate of drug-likeness (QED) is 0.117. The van der Waals surface area contributed by atoms with E-state index in [0.29, 0.717) is 26.7 Å². The first-order valence-corrected chi connectivity index (χ1v) is 17.9. The Morgan fingerprint density at radius 2 is 0.741 bits per heavy atom. The molecule has 0 radical (unpaired) electrons. The Balaban J connectivity index is 0.000000185. The lowest BCUT2D eigenvalue weighted by Crippen LogP contribution is -2.33. The lowest BCUT2D eigenvalue weighted by atomic mass is 9.95. The molecule has 272 valence electrons. The number of aromatic hydroxyl groups is 4. The summed E-state index contributed by atoms with van der Waals surface area (Å²) in [6, 6.07) is 49.6. The van der Waals surface area contributed by atoms with E-state index in [1.54, 1.807) is 24.3 Å². The fourth-order valence-corrected chi connectivity index (χ4v) is 6.86. The van der Waals surface area contributed by atoms with E-state index in [-0.39, 0.29) is 41.6 Å². The first kappa shape index (κ1) is 37.3. The third-order valence-electron chi connectivity index (χ3n) is 9.69. The number of phenolic OH excluding ortho intramolecular Hbond substituents is 4. The SMILES string of the molecule is Cc1cc(Cc2ccc(O)cc2O)c([O-])c(Cc2ccc(O)cc2O)c1.Cc1ccc([N+](c2ccccc2)(c2ccc(C)cc2)c2ccc(C)cc2)cc1. The molecule has 6 heteroatoms. The van der Waals surface area contributed by atoms with Crippen molar-refractivity contribution in [3.8, 4) is 28.7 Å². The van der Waals surface area contributed by atoms with Crippen LogP contribution in [0.3, 0.4) is 0 Å². The number of benzene rings is 7. The molecular formula is C48H45NO5. The molecule has 0 aliphatic rings. The van der Waals surface area contributed by atoms with Crippen molar-refractivity contribution < 1.29 is 25.5 Å². The van der Waals surface area contributed by atoms with E-state index >= 15 is 0 Å². The largest absolute Gasteiger partial charge is 0.872 e. The number of para-hydroxylation sites is 1. The lowest BCUT2D eigenvalue weighted by Gasteiger charge is -2.37. The number of hydrogen-bond donors (Lipinski definition) is 4. The van der Waals surface area contributed by atoms with Crippen molar-refractivity contribution in [2.75, 3.05) is 0 Å². The maximum atomic E-state index is 12.8. The predicted molar refractivity (Wildman–Crippen MR) is 217 cm³/mol. The molecule has 6 nitrogen and oxygen atoms in total. The molecule has 0 bridgehead atoms. The van der Waals surface area contributed by atoms with Crippen LogP contribution >= 0.6 is 0 Å². The highest BCUT2D eigenvalue weighted by molar-refractivity contribution is 5.81. The van der Waals surface area contributed by atoms with Gasteiger partial charge in [0.25, 0.3) is 0 Å². The molecule has 54 heavy (non-hydrogen) atoms. The standard InChI is InChI=1S/C27H26N.C21H20O5/c1-21-9-15-25(16-10-21)28(24-7-5-4-6-8-24,26-17-11-22(2)12-18-26)27-19-13-23(3)14-20-27;1-12-6-15(8-13-2-4-17(22)10-19(13)24)21(26)16(7-12)9-14-3-5-18(23)11-20(14)25/h4-20H,1-3H3;2-7,10-11,22-26H,8-9H2,1H3/q+1;/p-1. The summed E-state index contributed by atoms with van der Waals surface area (Å²) < 4.78 is 0.557. The molecule has 7 aromatic rings. The monoisotopic (exact) mass is 715 g/mol. The van der Waals surface area contributed by atoms with Crippen LogP contribution in [0.5, 0.6) is 28.7 Å². The molecular weight excluding hydrogens is 671 g/mol. The smallest absolute Gasteiger partial charge is 0.148 e. The zero-order chi connectivity index (χ0) is 38.4. The average molecular weight is 716 g/mol. The summed E-state index contributed by atoms with van der Waals surface area (Å²) >= 11 is 0. The fraction of sp³-hybridized carbons (Fsp3) is 0.125. The predicted octanol–water partition coefficient (Wildman–Crippen LogP) is 11.0. The van der Waals surface area contributed by atoms with Gasteiger partial charge in [-0.15, -0.1) is 5.75 Å². The van der Waals surface area contributed by atoms with Gasteiger partial charge in [-0.05, 0) is 51.0 Å². The summed E-state index contributed by atoms with van der Waals surface area (Å²) in [4.78, 5) is 0. The number of quaternary nitrogens is 1. The minimum absolute atomic E-state index is 0.0404. The molecule has 0 saturated carbocycles. The molecule has 0 aromatic heterocycles. The van der Waals surface area contributed by atoms with E-state index in [2.05, 4.69) is 124 Å². The minimum Gasteiger partial charge on any atom is -0.872 e. The Labute approximate surface area is 317 Å². The molecule has 7 rings (SSSR count). The van der Waals surface area contributed by atoms with E-state index in [1.165, 1.54) is 63.7 Å². The molecule has 0 amide bonds. The van der Waals surface area contributed by atoms with Crippen LogP contribution in [0.2, 0.25) is 0 Å². The summed E-state index contributed by atoms with van der Waals surface area (Å²) in [6.45, 7) is 8.29. The molecule has 0 fully saturated rings. The summed E-state index contributed by atoms with van der Waals surface area (Å²) in [5.41, 5.74) is 11.7. The number of aryl methyl sites for hydroxylation is 4. The van der Waals surface area contributed by atoms with Gasteiger partial charge in [0.2, 0.25) is 0 Å². The molecule has 4 N–H and O–H groups in total. The zero-order valence-electron chi connectivity index (χ0n) is 31.0. The Hall–Kier alpha value is -6.50.